The number of nitrogens with one attached hydrogen (secondary N) is 1. The maximum Gasteiger partial charge on any atom is 0.305 e. The van der Waals surface area contributed by atoms with Crippen LogP contribution >= 0.6 is 0 Å². The van der Waals surface area contributed by atoms with Gasteiger partial charge in [0, 0.05) is 12.8 Å². The van der Waals surface area contributed by atoms with Crippen LogP contribution in [0.2, 0.25) is 0 Å². The van der Waals surface area contributed by atoms with Gasteiger partial charge in [0.05, 0.1) is 25.4 Å². The van der Waals surface area contributed by atoms with Gasteiger partial charge in [-0.15, -0.1) is 0 Å². The third kappa shape index (κ3) is 67.1. The second kappa shape index (κ2) is 70.6. The average molecular weight is 1140 g/mol. The number of amides is 1. The molecule has 81 heavy (non-hydrogen) atoms. The second-order valence-electron chi connectivity index (χ2n) is 25.3. The van der Waals surface area contributed by atoms with Gasteiger partial charge in [-0.25, -0.2) is 0 Å². The molecule has 0 aliphatic carbocycles. The van der Waals surface area contributed by atoms with Crippen LogP contribution in [0, 0.1) is 0 Å². The van der Waals surface area contributed by atoms with E-state index in [1.807, 2.05) is 6.08 Å². The predicted molar refractivity (Wildman–Crippen MR) is 356 cm³/mol. The van der Waals surface area contributed by atoms with Crippen molar-refractivity contribution in [1.29, 1.82) is 0 Å². The Labute approximate surface area is 506 Å². The first-order valence-corrected chi connectivity index (χ1v) is 36.8. The van der Waals surface area contributed by atoms with E-state index < -0.39 is 12.1 Å². The Bertz CT molecular complexity index is 1310. The molecule has 0 aromatic heterocycles. The van der Waals surface area contributed by atoms with Gasteiger partial charge in [-0.2, -0.15) is 0 Å². The van der Waals surface area contributed by atoms with Crippen LogP contribution < -0.4 is 5.32 Å². The maximum atomic E-state index is 12.4. The molecule has 6 nitrogen and oxygen atoms in total. The van der Waals surface area contributed by atoms with Crippen molar-refractivity contribution >= 4 is 11.9 Å². The summed E-state index contributed by atoms with van der Waals surface area (Å²) in [6.45, 7) is 4.91. The molecule has 0 saturated heterocycles. The molecule has 0 saturated carbocycles. The molecule has 0 aliphatic heterocycles. The monoisotopic (exact) mass is 1140 g/mol. The fourth-order valence-electron chi connectivity index (χ4n) is 11.5. The molecule has 2 unspecified atom stereocenters. The first-order chi connectivity index (χ1) is 40.0. The smallest absolute Gasteiger partial charge is 0.305 e. The molecule has 0 aromatic carbocycles. The molecule has 478 valence electrons. The van der Waals surface area contributed by atoms with E-state index in [0.29, 0.717) is 19.4 Å². The highest BCUT2D eigenvalue weighted by atomic mass is 16.5. The number of esters is 1. The normalized spacial score (nSPS) is 12.7. The van der Waals surface area contributed by atoms with Crippen LogP contribution in [-0.4, -0.2) is 47.4 Å². The highest BCUT2D eigenvalue weighted by Crippen LogP contribution is 2.19. The summed E-state index contributed by atoms with van der Waals surface area (Å²) < 4.78 is 5.49. The van der Waals surface area contributed by atoms with E-state index in [4.69, 9.17) is 4.74 Å². The summed E-state index contributed by atoms with van der Waals surface area (Å²) in [6.07, 6.45) is 91.2. The number of carbonyl (C=O) groups is 2. The lowest BCUT2D eigenvalue weighted by Gasteiger charge is -2.20. The summed E-state index contributed by atoms with van der Waals surface area (Å²) in [7, 11) is 0. The molecule has 0 bridgehead atoms. The Balaban J connectivity index is 3.31. The van der Waals surface area contributed by atoms with Gasteiger partial charge in [0.2, 0.25) is 5.91 Å². The molecule has 0 radical (unpaired) electrons. The van der Waals surface area contributed by atoms with Crippen molar-refractivity contribution < 1.29 is 24.5 Å². The van der Waals surface area contributed by atoms with Crippen molar-refractivity contribution in [3.63, 3.8) is 0 Å². The Morgan fingerprint density at radius 1 is 0.333 bits per heavy atom. The standard InChI is InChI=1S/C75H143NO5/c1-3-5-7-9-11-13-15-16-45-49-53-57-61-65-69-75(80)81-70-66-62-58-54-50-46-43-41-39-37-35-33-31-29-27-25-23-21-19-17-18-20-22-24-26-28-30-32-34-36-38-40-42-44-48-52-56-60-64-68-74(79)76-72(71-77)73(78)67-63-59-55-51-47-14-12-10-8-6-4-2/h15-18,63,67,72-73,77-78H,3-14,19-62,64-66,68-71H2,1-2H3,(H,76,79)/b16-15-,18-17-,67-63+. The molecule has 0 heterocycles. The van der Waals surface area contributed by atoms with Crippen molar-refractivity contribution in [2.24, 2.45) is 0 Å². The maximum absolute atomic E-state index is 12.4. The molecule has 0 aromatic rings. The minimum atomic E-state index is -0.840. The molecular formula is C75H143NO5. The molecule has 2 atom stereocenters. The Hall–Kier alpha value is -1.92. The summed E-state index contributed by atoms with van der Waals surface area (Å²) in [5, 5.41) is 23.1. The van der Waals surface area contributed by atoms with Gasteiger partial charge in [0.1, 0.15) is 0 Å². The van der Waals surface area contributed by atoms with Crippen LogP contribution in [0.15, 0.2) is 36.5 Å². The van der Waals surface area contributed by atoms with E-state index >= 15 is 0 Å². The third-order valence-electron chi connectivity index (χ3n) is 17.1. The molecule has 1 amide bonds. The van der Waals surface area contributed by atoms with Gasteiger partial charge in [-0.1, -0.05) is 346 Å². The quantitative estimate of drug-likeness (QED) is 0.0320. The number of hydrogen-bond acceptors (Lipinski definition) is 5. The number of rotatable bonds is 69. The lowest BCUT2D eigenvalue weighted by atomic mass is 10.0. The lowest BCUT2D eigenvalue weighted by Crippen LogP contribution is -2.45. The van der Waals surface area contributed by atoms with E-state index in [2.05, 4.69) is 43.5 Å². The largest absolute Gasteiger partial charge is 0.466 e. The van der Waals surface area contributed by atoms with Crippen LogP contribution in [0.1, 0.15) is 406 Å². The van der Waals surface area contributed by atoms with Crippen molar-refractivity contribution in [1.82, 2.24) is 5.32 Å². The number of aliphatic hydroxyl groups is 2. The van der Waals surface area contributed by atoms with Gasteiger partial charge in [-0.3, -0.25) is 9.59 Å². The van der Waals surface area contributed by atoms with Crippen LogP contribution in [0.25, 0.3) is 0 Å². The summed E-state index contributed by atoms with van der Waals surface area (Å²) in [6, 6.07) is -0.623. The number of allylic oxidation sites excluding steroid dienone is 5. The topological polar surface area (TPSA) is 95.9 Å². The van der Waals surface area contributed by atoms with Gasteiger partial charge in [-0.05, 0) is 83.5 Å². The van der Waals surface area contributed by atoms with Crippen molar-refractivity contribution in [2.75, 3.05) is 13.2 Å². The molecule has 0 aliphatic rings. The van der Waals surface area contributed by atoms with Crippen molar-refractivity contribution in [2.45, 2.75) is 418 Å². The summed E-state index contributed by atoms with van der Waals surface area (Å²) in [4.78, 5) is 24.5. The summed E-state index contributed by atoms with van der Waals surface area (Å²) >= 11 is 0. The fourth-order valence-corrected chi connectivity index (χ4v) is 11.5. The van der Waals surface area contributed by atoms with Crippen LogP contribution in [0.3, 0.4) is 0 Å². The zero-order valence-electron chi connectivity index (χ0n) is 54.8. The SMILES string of the molecule is CCCCCCC/C=C\CCCCCCCC(=O)OCCCCCCCCCCCCCCCCCCCC/C=C\CCCCCCCCCCCCCCCCCCCC(=O)NC(CO)C(O)/C=C/CCCCCCCCCCC. The number of hydrogen-bond donors (Lipinski definition) is 3. The molecule has 0 fully saturated rings. The van der Waals surface area contributed by atoms with E-state index in [-0.39, 0.29) is 18.5 Å². The Morgan fingerprint density at radius 2 is 0.580 bits per heavy atom. The lowest BCUT2D eigenvalue weighted by molar-refractivity contribution is -0.143. The van der Waals surface area contributed by atoms with Gasteiger partial charge < -0.3 is 20.3 Å². The molecule has 3 N–H and O–H groups in total. The Morgan fingerprint density at radius 3 is 0.877 bits per heavy atom. The minimum Gasteiger partial charge on any atom is -0.466 e. The highest BCUT2D eigenvalue weighted by Gasteiger charge is 2.18. The van der Waals surface area contributed by atoms with E-state index in [0.717, 1.165) is 44.9 Å². The van der Waals surface area contributed by atoms with Gasteiger partial charge in [0.15, 0.2) is 0 Å². The van der Waals surface area contributed by atoms with Crippen LogP contribution in [-0.2, 0) is 14.3 Å². The van der Waals surface area contributed by atoms with Crippen molar-refractivity contribution in [3.8, 4) is 0 Å². The van der Waals surface area contributed by atoms with E-state index in [9.17, 15) is 19.8 Å². The number of carbonyl (C=O) groups excluding carboxylic acids is 2. The van der Waals surface area contributed by atoms with Crippen LogP contribution in [0.5, 0.6) is 0 Å². The minimum absolute atomic E-state index is 0.0140. The molecular weight excluding hydrogens is 995 g/mol. The van der Waals surface area contributed by atoms with E-state index in [1.54, 1.807) is 6.08 Å². The summed E-state index contributed by atoms with van der Waals surface area (Å²) in [5.41, 5.74) is 0. The van der Waals surface area contributed by atoms with Gasteiger partial charge in [0.25, 0.3) is 0 Å². The zero-order chi connectivity index (χ0) is 58.5. The van der Waals surface area contributed by atoms with Crippen LogP contribution in [0.4, 0.5) is 0 Å². The first-order valence-electron chi connectivity index (χ1n) is 36.8. The Kier molecular flexibility index (Phi) is 68.9. The zero-order valence-corrected chi connectivity index (χ0v) is 54.8. The van der Waals surface area contributed by atoms with Gasteiger partial charge >= 0.3 is 5.97 Å². The molecule has 6 heteroatoms. The number of ether oxygens (including phenoxy) is 1. The molecule has 0 rings (SSSR count). The molecule has 0 spiro atoms. The predicted octanol–water partition coefficient (Wildman–Crippen LogP) is 23.9. The van der Waals surface area contributed by atoms with E-state index in [1.165, 1.54) is 334 Å². The summed E-state index contributed by atoms with van der Waals surface area (Å²) in [5.74, 6) is -0.0494. The third-order valence-corrected chi connectivity index (χ3v) is 17.1. The first kappa shape index (κ1) is 79.1. The fraction of sp³-hybridized carbons (Fsp3) is 0.893. The highest BCUT2D eigenvalue weighted by molar-refractivity contribution is 5.76. The second-order valence-corrected chi connectivity index (χ2v) is 25.3. The van der Waals surface area contributed by atoms with Crippen molar-refractivity contribution in [3.05, 3.63) is 36.5 Å². The number of aliphatic hydroxyl groups excluding tert-OH is 2. The number of unbranched alkanes of at least 4 members (excludes halogenated alkanes) is 54. The average Bonchev–Trinajstić information content (AvgIpc) is 3.47.